The lowest BCUT2D eigenvalue weighted by Crippen LogP contribution is -2.41. The number of carbonyl (C=O) groups excluding carboxylic acids is 4. The third kappa shape index (κ3) is 31.1. The Balaban J connectivity index is 1.67. The van der Waals surface area contributed by atoms with Crippen molar-refractivity contribution in [2.75, 3.05) is 158 Å². The molecule has 0 aromatic carbocycles. The van der Waals surface area contributed by atoms with E-state index in [4.69, 9.17) is 52.1 Å². The molecule has 0 saturated carbocycles. The summed E-state index contributed by atoms with van der Waals surface area (Å²) >= 11 is 0. The van der Waals surface area contributed by atoms with E-state index in [0.29, 0.717) is 139 Å². The number of esters is 1. The van der Waals surface area contributed by atoms with Crippen LogP contribution >= 0.6 is 21.6 Å². The van der Waals surface area contributed by atoms with Crippen LogP contribution in [-0.2, 0) is 71.3 Å². The van der Waals surface area contributed by atoms with E-state index >= 15 is 0 Å². The molecule has 1 N–H and O–H groups in total. The second-order valence-electron chi connectivity index (χ2n) is 12.4. The number of carbonyl (C=O) groups is 4. The first kappa shape index (κ1) is 51.4. The van der Waals surface area contributed by atoms with Crippen LogP contribution in [0.3, 0.4) is 0 Å². The maximum atomic E-state index is 11.9. The zero-order valence-corrected chi connectivity index (χ0v) is 34.9. The number of likely N-dealkylation sites (tertiary alicyclic amines) is 1. The number of amides is 3. The summed E-state index contributed by atoms with van der Waals surface area (Å²) in [5.41, 5.74) is 0. The van der Waals surface area contributed by atoms with Gasteiger partial charge in [0.15, 0.2) is 0 Å². The number of ether oxygens (including phenoxy) is 11. The largest absolute Gasteiger partial charge is 0.464 e. The number of nitrogens with one attached hydrogen (secondary N) is 1. The second-order valence-corrected chi connectivity index (χ2v) is 15.3. The molecule has 19 heteroatoms. The highest BCUT2D eigenvalue weighted by Crippen LogP contribution is 2.26. The van der Waals surface area contributed by atoms with Crippen molar-refractivity contribution < 1.29 is 71.3 Å². The molecule has 0 aromatic heterocycles. The van der Waals surface area contributed by atoms with Crippen LogP contribution < -0.4 is 5.32 Å². The summed E-state index contributed by atoms with van der Waals surface area (Å²) in [5.74, 6) is -0.775. The summed E-state index contributed by atoms with van der Waals surface area (Å²) in [6.45, 7) is 17.2. The van der Waals surface area contributed by atoms with Crippen LogP contribution in [0.2, 0.25) is 0 Å². The minimum absolute atomic E-state index is 0.0960. The Morgan fingerprint density at radius 3 is 1.38 bits per heavy atom. The van der Waals surface area contributed by atoms with Crippen LogP contribution in [0, 0.1) is 11.8 Å². The second kappa shape index (κ2) is 36.7. The van der Waals surface area contributed by atoms with Gasteiger partial charge in [-0.2, -0.15) is 0 Å². The van der Waals surface area contributed by atoms with Crippen LogP contribution in [0.5, 0.6) is 0 Å². The van der Waals surface area contributed by atoms with Gasteiger partial charge in [-0.15, -0.1) is 0 Å². The number of hydrogen-bond acceptors (Lipinski definition) is 17. The number of nitrogens with zero attached hydrogens (tertiary/aromatic N) is 1. The van der Waals surface area contributed by atoms with Crippen LogP contribution in [-0.4, -0.2) is 191 Å². The molecule has 1 aliphatic rings. The van der Waals surface area contributed by atoms with Gasteiger partial charge in [-0.25, -0.2) is 0 Å². The molecule has 55 heavy (non-hydrogen) atoms. The predicted molar refractivity (Wildman–Crippen MR) is 207 cm³/mol. The minimum atomic E-state index is -0.391. The molecular formula is C36H66N2O15S2. The molecule has 0 aromatic rings. The van der Waals surface area contributed by atoms with Gasteiger partial charge in [-0.05, 0) is 6.92 Å². The first-order valence-electron chi connectivity index (χ1n) is 19.1. The summed E-state index contributed by atoms with van der Waals surface area (Å²) in [6.07, 6.45) is 0.153. The number of imide groups is 1. The topological polar surface area (TPSA) is 185 Å². The molecule has 0 radical (unpaired) electrons. The van der Waals surface area contributed by atoms with Crippen molar-refractivity contribution in [1.29, 1.82) is 0 Å². The van der Waals surface area contributed by atoms with Gasteiger partial charge in [-0.1, -0.05) is 42.4 Å². The van der Waals surface area contributed by atoms with Gasteiger partial charge in [0.25, 0.3) is 0 Å². The van der Waals surface area contributed by atoms with Gasteiger partial charge in [-0.3, -0.25) is 24.1 Å². The fourth-order valence-corrected chi connectivity index (χ4v) is 6.20. The van der Waals surface area contributed by atoms with Gasteiger partial charge in [0.2, 0.25) is 17.7 Å². The fraction of sp³-hybridized carbons (Fsp3) is 0.889. The standard InChI is InChI=1S/C36H66N2O15S2/c1-30(2)36(42)53-29-32(4)55-54-26-25-52-24-23-51-22-21-50-20-19-49-18-17-48-16-15-47-14-13-46-12-11-45-10-9-44-8-7-43-6-5-37-33(39)28-38-34(40)27-31(3)35(38)41/h30-32H,5-29H2,1-4H3,(H,37,39). The Morgan fingerprint density at radius 2 is 1.02 bits per heavy atom. The molecule has 322 valence electrons. The molecule has 17 nitrogen and oxygen atoms in total. The van der Waals surface area contributed by atoms with E-state index in [9.17, 15) is 19.2 Å². The SMILES string of the molecule is CC(COC(=O)C(C)C)SSCCOCCOCCOCCOCCOCCOCCOCCOCCOCCOCCNC(=O)CN1C(=O)CC(C)C1=O. The highest BCUT2D eigenvalue weighted by molar-refractivity contribution is 8.76. The molecular weight excluding hydrogens is 765 g/mol. The zero-order chi connectivity index (χ0) is 40.2. The van der Waals surface area contributed by atoms with Gasteiger partial charge in [0.1, 0.15) is 13.2 Å². The maximum absolute atomic E-state index is 11.9. The lowest BCUT2D eigenvalue weighted by atomic mass is 10.1. The molecule has 3 amide bonds. The van der Waals surface area contributed by atoms with Gasteiger partial charge >= 0.3 is 5.97 Å². The molecule has 1 saturated heterocycles. The Labute approximate surface area is 334 Å². The summed E-state index contributed by atoms with van der Waals surface area (Å²) in [6, 6.07) is 0. The van der Waals surface area contributed by atoms with Crippen molar-refractivity contribution in [2.24, 2.45) is 11.8 Å². The molecule has 2 unspecified atom stereocenters. The third-order valence-corrected chi connectivity index (χ3v) is 9.99. The van der Waals surface area contributed by atoms with Crippen LogP contribution in [0.4, 0.5) is 0 Å². The Bertz CT molecular complexity index is 986. The molecule has 0 aliphatic carbocycles. The Morgan fingerprint density at radius 1 is 0.636 bits per heavy atom. The van der Waals surface area contributed by atoms with E-state index in [1.165, 1.54) is 0 Å². The van der Waals surface area contributed by atoms with Crippen molar-refractivity contribution in [2.45, 2.75) is 39.4 Å². The molecule has 0 bridgehead atoms. The Hall–Kier alpha value is -1.62. The van der Waals surface area contributed by atoms with Crippen molar-refractivity contribution in [1.82, 2.24) is 10.2 Å². The lowest BCUT2D eigenvalue weighted by Gasteiger charge is -2.14. The van der Waals surface area contributed by atoms with E-state index in [0.717, 1.165) is 10.7 Å². The maximum Gasteiger partial charge on any atom is 0.308 e. The molecule has 1 aliphatic heterocycles. The van der Waals surface area contributed by atoms with E-state index in [1.807, 2.05) is 20.8 Å². The lowest BCUT2D eigenvalue weighted by molar-refractivity contribution is -0.147. The zero-order valence-electron chi connectivity index (χ0n) is 33.3. The van der Waals surface area contributed by atoms with E-state index in [1.54, 1.807) is 28.5 Å². The van der Waals surface area contributed by atoms with Crippen molar-refractivity contribution >= 4 is 45.3 Å². The number of hydrogen-bond donors (Lipinski definition) is 1. The van der Waals surface area contributed by atoms with Crippen LogP contribution in [0.1, 0.15) is 34.1 Å². The normalized spacial score (nSPS) is 15.0. The summed E-state index contributed by atoms with van der Waals surface area (Å²) in [7, 11) is 3.40. The first-order valence-corrected chi connectivity index (χ1v) is 21.4. The summed E-state index contributed by atoms with van der Waals surface area (Å²) in [4.78, 5) is 48.0. The predicted octanol–water partition coefficient (Wildman–Crippen LogP) is 1.63. The van der Waals surface area contributed by atoms with Gasteiger partial charge < -0.3 is 57.4 Å². The third-order valence-electron chi connectivity index (χ3n) is 7.16. The highest BCUT2D eigenvalue weighted by Gasteiger charge is 2.36. The minimum Gasteiger partial charge on any atom is -0.464 e. The van der Waals surface area contributed by atoms with E-state index in [-0.39, 0.29) is 54.4 Å². The van der Waals surface area contributed by atoms with Crippen LogP contribution in [0.15, 0.2) is 0 Å². The number of rotatable bonds is 40. The molecule has 1 fully saturated rings. The summed E-state index contributed by atoms with van der Waals surface area (Å²) < 4.78 is 60.0. The van der Waals surface area contributed by atoms with E-state index < -0.39 is 5.91 Å². The highest BCUT2D eigenvalue weighted by atomic mass is 33.1. The summed E-state index contributed by atoms with van der Waals surface area (Å²) in [5, 5.41) is 2.87. The molecule has 2 atom stereocenters. The quantitative estimate of drug-likeness (QED) is 0.0406. The molecule has 1 heterocycles. The van der Waals surface area contributed by atoms with Crippen molar-refractivity contribution in [3.63, 3.8) is 0 Å². The van der Waals surface area contributed by atoms with Crippen molar-refractivity contribution in [3.8, 4) is 0 Å². The monoisotopic (exact) mass is 830 g/mol. The average molecular weight is 831 g/mol. The molecule has 1 rings (SSSR count). The smallest absolute Gasteiger partial charge is 0.308 e. The fourth-order valence-electron chi connectivity index (χ4n) is 4.21. The van der Waals surface area contributed by atoms with Gasteiger partial charge in [0, 0.05) is 29.9 Å². The Kier molecular flexibility index (Phi) is 34.3. The van der Waals surface area contributed by atoms with Gasteiger partial charge in [0.05, 0.1) is 138 Å². The molecule has 0 spiro atoms. The first-order chi connectivity index (χ1) is 26.7. The van der Waals surface area contributed by atoms with E-state index in [2.05, 4.69) is 5.32 Å². The van der Waals surface area contributed by atoms with Crippen molar-refractivity contribution in [3.05, 3.63) is 0 Å². The average Bonchev–Trinajstić information content (AvgIpc) is 3.40. The van der Waals surface area contributed by atoms with Crippen LogP contribution in [0.25, 0.3) is 0 Å².